The van der Waals surface area contributed by atoms with Crippen molar-refractivity contribution in [2.75, 3.05) is 6.54 Å². The molecule has 1 atom stereocenters. The fraction of sp³-hybridized carbons (Fsp3) is 1.00. The monoisotopic (exact) mass is 225 g/mol. The zero-order valence-corrected chi connectivity index (χ0v) is 10.8. The molecule has 2 aliphatic carbocycles. The molecule has 0 aromatic carbocycles. The maximum atomic E-state index is 10.5. The van der Waals surface area contributed by atoms with E-state index < -0.39 is 0 Å². The van der Waals surface area contributed by atoms with Crippen molar-refractivity contribution in [3.8, 4) is 0 Å². The van der Waals surface area contributed by atoms with Gasteiger partial charge in [-0.25, -0.2) is 0 Å². The van der Waals surface area contributed by atoms with Crippen LogP contribution in [0.1, 0.15) is 58.8 Å². The molecule has 0 heterocycles. The molecule has 0 saturated heterocycles. The van der Waals surface area contributed by atoms with Gasteiger partial charge in [0.15, 0.2) is 0 Å². The minimum atomic E-state index is -0.137. The Balaban J connectivity index is 2.02. The first-order chi connectivity index (χ1) is 7.49. The Morgan fingerprint density at radius 2 is 1.75 bits per heavy atom. The Morgan fingerprint density at radius 1 is 1.19 bits per heavy atom. The highest BCUT2D eigenvalue weighted by Crippen LogP contribution is 2.50. The minimum Gasteiger partial charge on any atom is -0.392 e. The summed E-state index contributed by atoms with van der Waals surface area (Å²) in [6.07, 6.45) is 8.26. The summed E-state index contributed by atoms with van der Waals surface area (Å²) in [5.41, 5.74) is 6.48. The zero-order chi connectivity index (χ0) is 11.8. The summed E-state index contributed by atoms with van der Waals surface area (Å²) < 4.78 is 0. The number of nitrogens with two attached hydrogens (primary N) is 1. The Bertz CT molecular complexity index is 235. The fourth-order valence-electron chi connectivity index (χ4n) is 3.30. The molecule has 3 N–H and O–H groups in total. The van der Waals surface area contributed by atoms with Crippen molar-refractivity contribution in [1.29, 1.82) is 0 Å². The smallest absolute Gasteiger partial charge is 0.0636 e. The predicted octanol–water partition coefficient (Wildman–Crippen LogP) is 2.69. The second-order valence-electron chi connectivity index (χ2n) is 6.87. The summed E-state index contributed by atoms with van der Waals surface area (Å²) in [4.78, 5) is 0. The molecule has 0 amide bonds. The molecule has 2 nitrogen and oxygen atoms in total. The first kappa shape index (κ1) is 12.4. The topological polar surface area (TPSA) is 46.2 Å². The summed E-state index contributed by atoms with van der Waals surface area (Å²) in [5, 5.41) is 10.5. The van der Waals surface area contributed by atoms with E-state index in [0.29, 0.717) is 17.9 Å². The number of hydrogen-bond donors (Lipinski definition) is 2. The van der Waals surface area contributed by atoms with E-state index in [-0.39, 0.29) is 11.5 Å². The van der Waals surface area contributed by atoms with Crippen LogP contribution in [0.2, 0.25) is 0 Å². The van der Waals surface area contributed by atoms with Crippen LogP contribution in [-0.2, 0) is 0 Å². The summed E-state index contributed by atoms with van der Waals surface area (Å²) in [6, 6.07) is 0. The van der Waals surface area contributed by atoms with Crippen LogP contribution >= 0.6 is 0 Å². The molecule has 0 aromatic heterocycles. The van der Waals surface area contributed by atoms with Crippen molar-refractivity contribution in [3.63, 3.8) is 0 Å². The standard InChI is InChI=1S/C14H27NO/c1-13(2)6-8-14(10-15,9-7-13)12(16)11-4-3-5-11/h11-12,16H,3-10,15H2,1-2H3. The SMILES string of the molecule is CC1(C)CCC(CN)(C(O)C2CCC2)CC1. The molecule has 0 aromatic rings. The first-order valence-corrected chi connectivity index (χ1v) is 6.87. The van der Waals surface area contributed by atoms with Crippen LogP contribution in [0.3, 0.4) is 0 Å². The van der Waals surface area contributed by atoms with Gasteiger partial charge in [-0.3, -0.25) is 0 Å². The van der Waals surface area contributed by atoms with Crippen LogP contribution in [0.25, 0.3) is 0 Å². The molecule has 2 rings (SSSR count). The molecule has 0 bridgehead atoms. The van der Waals surface area contributed by atoms with Crippen molar-refractivity contribution < 1.29 is 5.11 Å². The van der Waals surface area contributed by atoms with E-state index in [9.17, 15) is 5.11 Å². The molecule has 2 saturated carbocycles. The van der Waals surface area contributed by atoms with Crippen LogP contribution < -0.4 is 5.73 Å². The molecule has 2 fully saturated rings. The lowest BCUT2D eigenvalue weighted by molar-refractivity contribution is -0.0732. The Hall–Kier alpha value is -0.0800. The van der Waals surface area contributed by atoms with Gasteiger partial charge in [0.25, 0.3) is 0 Å². The molecule has 94 valence electrons. The van der Waals surface area contributed by atoms with Gasteiger partial charge in [-0.05, 0) is 49.9 Å². The molecule has 0 spiro atoms. The lowest BCUT2D eigenvalue weighted by atomic mass is 9.59. The summed E-state index contributed by atoms with van der Waals surface area (Å²) in [6.45, 7) is 5.34. The van der Waals surface area contributed by atoms with Gasteiger partial charge < -0.3 is 10.8 Å². The van der Waals surface area contributed by atoms with Crippen molar-refractivity contribution >= 4 is 0 Å². The third-order valence-electron chi connectivity index (χ3n) is 5.23. The van der Waals surface area contributed by atoms with Gasteiger partial charge in [0, 0.05) is 12.0 Å². The highest BCUT2D eigenvalue weighted by Gasteiger charge is 2.46. The minimum absolute atomic E-state index is 0.0423. The average Bonchev–Trinajstić information content (AvgIpc) is 2.16. The van der Waals surface area contributed by atoms with Crippen LogP contribution in [-0.4, -0.2) is 17.8 Å². The Morgan fingerprint density at radius 3 is 2.12 bits per heavy atom. The highest BCUT2D eigenvalue weighted by atomic mass is 16.3. The fourth-order valence-corrected chi connectivity index (χ4v) is 3.30. The second kappa shape index (κ2) is 4.30. The highest BCUT2D eigenvalue weighted by molar-refractivity contribution is 4.98. The van der Waals surface area contributed by atoms with Crippen LogP contribution in [0.4, 0.5) is 0 Å². The maximum absolute atomic E-state index is 10.5. The molecule has 0 radical (unpaired) electrons. The summed E-state index contributed by atoms with van der Waals surface area (Å²) in [5.74, 6) is 0.546. The summed E-state index contributed by atoms with van der Waals surface area (Å²) in [7, 11) is 0. The van der Waals surface area contributed by atoms with Gasteiger partial charge in [0.2, 0.25) is 0 Å². The molecule has 2 aliphatic rings. The zero-order valence-electron chi connectivity index (χ0n) is 10.8. The van der Waals surface area contributed by atoms with Gasteiger partial charge >= 0.3 is 0 Å². The third-order valence-corrected chi connectivity index (χ3v) is 5.23. The third kappa shape index (κ3) is 2.14. The predicted molar refractivity (Wildman–Crippen MR) is 67.1 cm³/mol. The Labute approximate surface area is 99.6 Å². The van der Waals surface area contributed by atoms with Crippen molar-refractivity contribution in [3.05, 3.63) is 0 Å². The summed E-state index contributed by atoms with van der Waals surface area (Å²) >= 11 is 0. The lowest BCUT2D eigenvalue weighted by Crippen LogP contribution is -2.50. The normalized spacial score (nSPS) is 30.8. The maximum Gasteiger partial charge on any atom is 0.0636 e. The van der Waals surface area contributed by atoms with E-state index in [1.165, 1.54) is 32.1 Å². The number of hydrogen-bond acceptors (Lipinski definition) is 2. The largest absolute Gasteiger partial charge is 0.392 e. The number of aliphatic hydroxyl groups is 1. The molecular formula is C14H27NO. The van der Waals surface area contributed by atoms with Crippen LogP contribution in [0.15, 0.2) is 0 Å². The second-order valence-corrected chi connectivity index (χ2v) is 6.87. The quantitative estimate of drug-likeness (QED) is 0.775. The van der Waals surface area contributed by atoms with Gasteiger partial charge in [-0.2, -0.15) is 0 Å². The average molecular weight is 225 g/mol. The number of rotatable bonds is 3. The molecule has 0 aliphatic heterocycles. The van der Waals surface area contributed by atoms with Crippen molar-refractivity contribution in [2.45, 2.75) is 64.9 Å². The van der Waals surface area contributed by atoms with Crippen molar-refractivity contribution in [1.82, 2.24) is 0 Å². The van der Waals surface area contributed by atoms with E-state index in [1.807, 2.05) is 0 Å². The van der Waals surface area contributed by atoms with E-state index in [2.05, 4.69) is 13.8 Å². The van der Waals surface area contributed by atoms with E-state index in [0.717, 1.165) is 12.8 Å². The molecule has 16 heavy (non-hydrogen) atoms. The van der Waals surface area contributed by atoms with E-state index in [1.54, 1.807) is 0 Å². The van der Waals surface area contributed by atoms with Crippen LogP contribution in [0.5, 0.6) is 0 Å². The van der Waals surface area contributed by atoms with Gasteiger partial charge in [-0.15, -0.1) is 0 Å². The van der Waals surface area contributed by atoms with Gasteiger partial charge in [-0.1, -0.05) is 20.3 Å². The van der Waals surface area contributed by atoms with Crippen LogP contribution in [0, 0.1) is 16.7 Å². The Kier molecular flexibility index (Phi) is 3.33. The first-order valence-electron chi connectivity index (χ1n) is 6.87. The molecule has 2 heteroatoms. The lowest BCUT2D eigenvalue weighted by Gasteiger charge is -2.49. The molecule has 1 unspecified atom stereocenters. The van der Waals surface area contributed by atoms with Crippen molar-refractivity contribution in [2.24, 2.45) is 22.5 Å². The van der Waals surface area contributed by atoms with E-state index in [4.69, 9.17) is 5.73 Å². The van der Waals surface area contributed by atoms with Gasteiger partial charge in [0.1, 0.15) is 0 Å². The van der Waals surface area contributed by atoms with E-state index >= 15 is 0 Å². The molecular weight excluding hydrogens is 198 g/mol. The van der Waals surface area contributed by atoms with Gasteiger partial charge in [0.05, 0.1) is 6.10 Å². The number of aliphatic hydroxyl groups excluding tert-OH is 1.